The highest BCUT2D eigenvalue weighted by Crippen LogP contribution is 2.25. The Balaban J connectivity index is 1.90. The van der Waals surface area contributed by atoms with Crippen LogP contribution in [-0.2, 0) is 17.8 Å². The summed E-state index contributed by atoms with van der Waals surface area (Å²) in [5, 5.41) is 21.4. The maximum Gasteiger partial charge on any atom is 0.237 e. The summed E-state index contributed by atoms with van der Waals surface area (Å²) in [6, 6.07) is 3.67. The van der Waals surface area contributed by atoms with Crippen molar-refractivity contribution in [1.29, 1.82) is 0 Å². The van der Waals surface area contributed by atoms with Crippen molar-refractivity contribution in [2.45, 2.75) is 25.9 Å². The summed E-state index contributed by atoms with van der Waals surface area (Å²) >= 11 is 1.48. The number of amides is 1. The van der Waals surface area contributed by atoms with Crippen LogP contribution in [0.15, 0.2) is 23.7 Å². The number of benzene rings is 1. The summed E-state index contributed by atoms with van der Waals surface area (Å²) in [5.41, 5.74) is 9.16. The van der Waals surface area contributed by atoms with Crippen LogP contribution in [0, 0.1) is 6.92 Å². The molecule has 0 aliphatic heterocycles. The Labute approximate surface area is 126 Å². The molecule has 0 saturated heterocycles. The summed E-state index contributed by atoms with van der Waals surface area (Å²) in [6.07, 6.45) is 0.279. The molecule has 2 rings (SSSR count). The molecule has 0 aliphatic carbocycles. The molecular weight excluding hydrogens is 290 g/mol. The van der Waals surface area contributed by atoms with E-state index < -0.39 is 6.04 Å². The molecule has 1 aromatic heterocycles. The van der Waals surface area contributed by atoms with Crippen molar-refractivity contribution in [3.8, 4) is 11.5 Å². The SMILES string of the molecule is Cc1ncsc1CNC(=O)[C@@H](N)Cc1ccc(O)c(O)c1. The molecule has 112 valence electrons. The summed E-state index contributed by atoms with van der Waals surface area (Å²) in [4.78, 5) is 17.0. The smallest absolute Gasteiger partial charge is 0.237 e. The van der Waals surface area contributed by atoms with E-state index in [2.05, 4.69) is 10.3 Å². The van der Waals surface area contributed by atoms with Gasteiger partial charge in [0, 0.05) is 4.88 Å². The van der Waals surface area contributed by atoms with Gasteiger partial charge in [-0.1, -0.05) is 6.07 Å². The Kier molecular flexibility index (Phi) is 4.77. The Morgan fingerprint density at radius 1 is 1.43 bits per heavy atom. The average Bonchev–Trinajstić information content (AvgIpc) is 2.85. The molecule has 1 heterocycles. The summed E-state index contributed by atoms with van der Waals surface area (Å²) < 4.78 is 0. The van der Waals surface area contributed by atoms with E-state index >= 15 is 0 Å². The molecular formula is C14H17N3O3S. The molecule has 0 spiro atoms. The molecule has 7 heteroatoms. The summed E-state index contributed by atoms with van der Waals surface area (Å²) in [6.45, 7) is 2.29. The molecule has 1 atom stereocenters. The highest BCUT2D eigenvalue weighted by molar-refractivity contribution is 7.09. The number of aromatic hydroxyl groups is 2. The molecule has 0 saturated carbocycles. The quantitative estimate of drug-likeness (QED) is 0.617. The number of phenolic OH excluding ortho intramolecular Hbond substituents is 2. The van der Waals surface area contributed by atoms with Gasteiger partial charge in [-0.05, 0) is 31.0 Å². The monoisotopic (exact) mass is 307 g/mol. The van der Waals surface area contributed by atoms with Gasteiger partial charge in [-0.3, -0.25) is 4.79 Å². The molecule has 1 aromatic carbocycles. The van der Waals surface area contributed by atoms with Crippen molar-refractivity contribution in [3.63, 3.8) is 0 Å². The van der Waals surface area contributed by atoms with Gasteiger partial charge >= 0.3 is 0 Å². The van der Waals surface area contributed by atoms with Gasteiger partial charge < -0.3 is 21.3 Å². The Hall–Kier alpha value is -2.12. The fourth-order valence-corrected chi connectivity index (χ4v) is 2.55. The fourth-order valence-electron chi connectivity index (χ4n) is 1.84. The van der Waals surface area contributed by atoms with Crippen molar-refractivity contribution in [3.05, 3.63) is 39.8 Å². The minimum atomic E-state index is -0.720. The minimum absolute atomic E-state index is 0.197. The molecule has 5 N–H and O–H groups in total. The van der Waals surface area contributed by atoms with Crippen LogP contribution < -0.4 is 11.1 Å². The van der Waals surface area contributed by atoms with Crippen LogP contribution in [0.25, 0.3) is 0 Å². The summed E-state index contributed by atoms with van der Waals surface area (Å²) in [5.74, 6) is -0.687. The molecule has 0 unspecified atom stereocenters. The van der Waals surface area contributed by atoms with E-state index in [1.165, 1.54) is 23.5 Å². The van der Waals surface area contributed by atoms with Crippen LogP contribution in [-0.4, -0.2) is 27.1 Å². The second-order valence-electron chi connectivity index (χ2n) is 4.71. The van der Waals surface area contributed by atoms with Crippen LogP contribution in [0.4, 0.5) is 0 Å². The second kappa shape index (κ2) is 6.55. The number of aryl methyl sites for hydroxylation is 1. The van der Waals surface area contributed by atoms with Crippen molar-refractivity contribution < 1.29 is 15.0 Å². The van der Waals surface area contributed by atoms with Crippen LogP contribution in [0.2, 0.25) is 0 Å². The Morgan fingerprint density at radius 2 is 2.19 bits per heavy atom. The molecule has 0 radical (unpaired) electrons. The lowest BCUT2D eigenvalue weighted by molar-refractivity contribution is -0.122. The third kappa shape index (κ3) is 3.93. The van der Waals surface area contributed by atoms with Gasteiger partial charge in [0.15, 0.2) is 11.5 Å². The standard InChI is InChI=1S/C14H17N3O3S/c1-8-13(21-7-17-8)6-16-14(20)10(15)4-9-2-3-11(18)12(19)5-9/h2-3,5,7,10,18-19H,4,6,15H2,1H3,(H,16,20)/t10-/m0/s1. The zero-order valence-electron chi connectivity index (χ0n) is 11.5. The first kappa shape index (κ1) is 15.3. The molecule has 0 bridgehead atoms. The van der Waals surface area contributed by atoms with Crippen molar-refractivity contribution in [1.82, 2.24) is 10.3 Å². The number of hydrogen-bond acceptors (Lipinski definition) is 6. The van der Waals surface area contributed by atoms with Gasteiger partial charge in [0.1, 0.15) is 0 Å². The van der Waals surface area contributed by atoms with E-state index in [1.807, 2.05) is 6.92 Å². The lowest BCUT2D eigenvalue weighted by atomic mass is 10.1. The predicted molar refractivity (Wildman–Crippen MR) is 80.1 cm³/mol. The van der Waals surface area contributed by atoms with Gasteiger partial charge in [0.05, 0.1) is 23.8 Å². The minimum Gasteiger partial charge on any atom is -0.504 e. The average molecular weight is 307 g/mol. The maximum atomic E-state index is 11.9. The van der Waals surface area contributed by atoms with Crippen LogP contribution in [0.1, 0.15) is 16.1 Å². The molecule has 0 aliphatic rings. The number of nitrogens with one attached hydrogen (secondary N) is 1. The third-order valence-electron chi connectivity index (χ3n) is 3.10. The van der Waals surface area contributed by atoms with Gasteiger partial charge in [-0.25, -0.2) is 4.98 Å². The third-order valence-corrected chi connectivity index (χ3v) is 4.04. The maximum absolute atomic E-state index is 11.9. The van der Waals surface area contributed by atoms with Gasteiger partial charge in [-0.2, -0.15) is 0 Å². The normalized spacial score (nSPS) is 12.1. The van der Waals surface area contributed by atoms with Crippen LogP contribution in [0.3, 0.4) is 0 Å². The first-order valence-corrected chi connectivity index (χ1v) is 7.28. The van der Waals surface area contributed by atoms with E-state index in [-0.39, 0.29) is 23.8 Å². The van der Waals surface area contributed by atoms with E-state index in [0.717, 1.165) is 10.6 Å². The lowest BCUT2D eigenvalue weighted by Gasteiger charge is -2.12. The predicted octanol–water partition coefficient (Wildman–Crippen LogP) is 1.05. The van der Waals surface area contributed by atoms with Crippen molar-refractivity contribution >= 4 is 17.2 Å². The molecule has 1 amide bonds. The largest absolute Gasteiger partial charge is 0.504 e. The number of phenols is 2. The van der Waals surface area contributed by atoms with E-state index in [0.29, 0.717) is 12.1 Å². The van der Waals surface area contributed by atoms with Gasteiger partial charge in [0.2, 0.25) is 5.91 Å². The molecule has 0 fully saturated rings. The zero-order valence-corrected chi connectivity index (χ0v) is 12.4. The number of aromatic nitrogens is 1. The number of nitrogens with two attached hydrogens (primary N) is 1. The zero-order chi connectivity index (χ0) is 15.4. The number of thiazole rings is 1. The Morgan fingerprint density at radius 3 is 2.81 bits per heavy atom. The molecule has 6 nitrogen and oxygen atoms in total. The number of rotatable bonds is 5. The van der Waals surface area contributed by atoms with Gasteiger partial charge in [-0.15, -0.1) is 11.3 Å². The van der Waals surface area contributed by atoms with Gasteiger partial charge in [0.25, 0.3) is 0 Å². The summed E-state index contributed by atoms with van der Waals surface area (Å²) in [7, 11) is 0. The number of nitrogens with zero attached hydrogens (tertiary/aromatic N) is 1. The Bertz CT molecular complexity index is 642. The van der Waals surface area contributed by atoms with Crippen LogP contribution in [0.5, 0.6) is 11.5 Å². The second-order valence-corrected chi connectivity index (χ2v) is 5.65. The topological polar surface area (TPSA) is 108 Å². The lowest BCUT2D eigenvalue weighted by Crippen LogP contribution is -2.41. The van der Waals surface area contributed by atoms with Crippen molar-refractivity contribution in [2.24, 2.45) is 5.73 Å². The van der Waals surface area contributed by atoms with E-state index in [1.54, 1.807) is 11.6 Å². The highest BCUT2D eigenvalue weighted by atomic mass is 32.1. The molecule has 21 heavy (non-hydrogen) atoms. The number of carbonyl (C=O) groups excluding carboxylic acids is 1. The fraction of sp³-hybridized carbons (Fsp3) is 0.286. The molecule has 2 aromatic rings. The first-order valence-electron chi connectivity index (χ1n) is 6.40. The number of hydrogen-bond donors (Lipinski definition) is 4. The first-order chi connectivity index (χ1) is 9.97. The van der Waals surface area contributed by atoms with E-state index in [9.17, 15) is 15.0 Å². The van der Waals surface area contributed by atoms with E-state index in [4.69, 9.17) is 5.73 Å². The highest BCUT2D eigenvalue weighted by Gasteiger charge is 2.15. The van der Waals surface area contributed by atoms with Crippen molar-refractivity contribution in [2.75, 3.05) is 0 Å². The van der Waals surface area contributed by atoms with Crippen LogP contribution >= 0.6 is 11.3 Å². The number of carbonyl (C=O) groups is 1.